The van der Waals surface area contributed by atoms with Crippen LogP contribution in [0, 0.1) is 0 Å². The van der Waals surface area contributed by atoms with Crippen LogP contribution in [-0.2, 0) is 9.84 Å². The largest absolute Gasteiger partial charge is 0.371 e. The summed E-state index contributed by atoms with van der Waals surface area (Å²) < 4.78 is 23.0. The molecule has 0 amide bonds. The number of nitrogens with one attached hydrogen (secondary N) is 1. The van der Waals surface area contributed by atoms with Gasteiger partial charge in [0.15, 0.2) is 9.84 Å². The minimum absolute atomic E-state index is 0.0328. The standard InChI is InChI=1S/C18H21N3O2S2/c22-25(23)9-6-16(12-25)20-15-4-7-21(8-5-15)17-3-1-2-14(10-17)18-11-24-13-19-18/h1-3,6,9-11,13,15-16,20H,4-5,7-8,12H2/t16-/m1/s1. The van der Waals surface area contributed by atoms with Gasteiger partial charge in [0.05, 0.1) is 17.0 Å². The zero-order valence-electron chi connectivity index (χ0n) is 13.8. The monoisotopic (exact) mass is 375 g/mol. The van der Waals surface area contributed by atoms with Gasteiger partial charge in [-0.05, 0) is 25.0 Å². The summed E-state index contributed by atoms with van der Waals surface area (Å²) in [5.74, 6) is 0.197. The van der Waals surface area contributed by atoms with Crippen molar-refractivity contribution >= 4 is 26.9 Å². The van der Waals surface area contributed by atoms with Crippen molar-refractivity contribution in [2.45, 2.75) is 24.9 Å². The highest BCUT2D eigenvalue weighted by Crippen LogP contribution is 2.26. The first kappa shape index (κ1) is 16.8. The van der Waals surface area contributed by atoms with Gasteiger partial charge in [0.25, 0.3) is 0 Å². The quantitative estimate of drug-likeness (QED) is 0.890. The zero-order chi connectivity index (χ0) is 17.3. The van der Waals surface area contributed by atoms with Gasteiger partial charge in [-0.1, -0.05) is 18.2 Å². The molecule has 0 saturated carbocycles. The fourth-order valence-corrected chi connectivity index (χ4v) is 5.31. The number of sulfone groups is 1. The first-order chi connectivity index (χ1) is 12.1. The number of anilines is 1. The van der Waals surface area contributed by atoms with Gasteiger partial charge >= 0.3 is 0 Å². The summed E-state index contributed by atoms with van der Waals surface area (Å²) in [5.41, 5.74) is 5.27. The molecule has 1 aromatic heterocycles. The molecule has 1 fully saturated rings. The van der Waals surface area contributed by atoms with Crippen molar-refractivity contribution in [2.75, 3.05) is 23.7 Å². The van der Waals surface area contributed by atoms with Crippen LogP contribution in [0.5, 0.6) is 0 Å². The van der Waals surface area contributed by atoms with Gasteiger partial charge in [0.1, 0.15) is 0 Å². The number of benzene rings is 1. The van der Waals surface area contributed by atoms with E-state index in [1.807, 2.05) is 5.51 Å². The SMILES string of the molecule is O=S1(=O)C=C[C@@H](NC2CCN(c3cccc(-c4cscn4)c3)CC2)C1. The molecule has 132 valence electrons. The smallest absolute Gasteiger partial charge is 0.173 e. The maximum absolute atomic E-state index is 11.5. The van der Waals surface area contributed by atoms with E-state index in [0.717, 1.165) is 37.2 Å². The van der Waals surface area contributed by atoms with Crippen LogP contribution in [0.25, 0.3) is 11.3 Å². The molecule has 0 radical (unpaired) electrons. The molecule has 1 aromatic carbocycles. The number of piperidine rings is 1. The lowest BCUT2D eigenvalue weighted by Crippen LogP contribution is -2.46. The van der Waals surface area contributed by atoms with Crippen LogP contribution >= 0.6 is 11.3 Å². The Kier molecular flexibility index (Phi) is 4.62. The van der Waals surface area contributed by atoms with E-state index >= 15 is 0 Å². The van der Waals surface area contributed by atoms with Crippen LogP contribution in [0.1, 0.15) is 12.8 Å². The second-order valence-electron chi connectivity index (χ2n) is 6.62. The third kappa shape index (κ3) is 3.94. The summed E-state index contributed by atoms with van der Waals surface area (Å²) in [6.45, 7) is 1.95. The van der Waals surface area contributed by atoms with Crippen LogP contribution in [0.4, 0.5) is 5.69 Å². The molecular formula is C18H21N3O2S2. The van der Waals surface area contributed by atoms with Gasteiger partial charge in [-0.25, -0.2) is 13.4 Å². The summed E-state index contributed by atoms with van der Waals surface area (Å²) in [6.07, 6.45) is 3.82. The van der Waals surface area contributed by atoms with Gasteiger partial charge in [-0.2, -0.15) is 0 Å². The molecule has 4 rings (SSSR count). The van der Waals surface area contributed by atoms with Gasteiger partial charge in [0.2, 0.25) is 0 Å². The molecule has 3 heterocycles. The Morgan fingerprint density at radius 3 is 2.76 bits per heavy atom. The van der Waals surface area contributed by atoms with Crippen molar-refractivity contribution in [3.8, 4) is 11.3 Å². The van der Waals surface area contributed by atoms with Crippen LogP contribution in [-0.4, -0.2) is 44.3 Å². The molecule has 0 bridgehead atoms. The summed E-state index contributed by atoms with van der Waals surface area (Å²) in [6, 6.07) is 8.88. The molecule has 1 N–H and O–H groups in total. The Labute approximate surface area is 152 Å². The van der Waals surface area contributed by atoms with Crippen molar-refractivity contribution in [2.24, 2.45) is 0 Å². The van der Waals surface area contributed by atoms with Crippen LogP contribution in [0.2, 0.25) is 0 Å². The van der Waals surface area contributed by atoms with Crippen LogP contribution in [0.3, 0.4) is 0 Å². The van der Waals surface area contributed by atoms with Crippen molar-refractivity contribution < 1.29 is 8.42 Å². The fraction of sp³-hybridized carbons (Fsp3) is 0.389. The highest BCUT2D eigenvalue weighted by atomic mass is 32.2. The molecule has 0 spiro atoms. The summed E-state index contributed by atoms with van der Waals surface area (Å²) >= 11 is 1.61. The number of hydrogen-bond acceptors (Lipinski definition) is 6. The van der Waals surface area contributed by atoms with E-state index in [9.17, 15) is 8.42 Å². The number of thiazole rings is 1. The van der Waals surface area contributed by atoms with Crippen molar-refractivity contribution in [1.29, 1.82) is 0 Å². The van der Waals surface area contributed by atoms with Crippen LogP contribution in [0.15, 0.2) is 46.6 Å². The van der Waals surface area contributed by atoms with Gasteiger partial charge in [-0.3, -0.25) is 0 Å². The van der Waals surface area contributed by atoms with E-state index in [1.165, 1.54) is 11.1 Å². The molecule has 25 heavy (non-hydrogen) atoms. The van der Waals surface area contributed by atoms with Gasteiger partial charge < -0.3 is 10.2 Å². The predicted molar refractivity (Wildman–Crippen MR) is 103 cm³/mol. The molecule has 0 aliphatic carbocycles. The maximum Gasteiger partial charge on any atom is 0.173 e. The number of hydrogen-bond donors (Lipinski definition) is 1. The van der Waals surface area contributed by atoms with Crippen molar-refractivity contribution in [1.82, 2.24) is 10.3 Å². The number of rotatable bonds is 4. The second-order valence-corrected chi connectivity index (χ2v) is 9.27. The molecule has 2 aliphatic rings. The summed E-state index contributed by atoms with van der Waals surface area (Å²) in [4.78, 5) is 6.79. The number of nitrogens with zero attached hydrogens (tertiary/aromatic N) is 2. The first-order valence-electron chi connectivity index (χ1n) is 8.50. The average molecular weight is 376 g/mol. The Morgan fingerprint density at radius 1 is 1.24 bits per heavy atom. The molecule has 7 heteroatoms. The van der Waals surface area contributed by atoms with Gasteiger partial charge in [0, 0.05) is 47.2 Å². The second kappa shape index (κ2) is 6.90. The zero-order valence-corrected chi connectivity index (χ0v) is 15.5. The van der Waals surface area contributed by atoms with E-state index in [-0.39, 0.29) is 11.8 Å². The molecule has 2 aromatic rings. The molecule has 2 aliphatic heterocycles. The van der Waals surface area contributed by atoms with E-state index < -0.39 is 9.84 Å². The lowest BCUT2D eigenvalue weighted by molar-refractivity contribution is 0.401. The third-order valence-electron chi connectivity index (χ3n) is 4.81. The van der Waals surface area contributed by atoms with Crippen LogP contribution < -0.4 is 10.2 Å². The minimum atomic E-state index is -2.98. The fourth-order valence-electron chi connectivity index (χ4n) is 3.50. The topological polar surface area (TPSA) is 62.3 Å². The average Bonchev–Trinajstić information content (AvgIpc) is 3.25. The van der Waals surface area contributed by atoms with E-state index in [2.05, 4.69) is 44.8 Å². The highest BCUT2D eigenvalue weighted by Gasteiger charge is 2.26. The number of aromatic nitrogens is 1. The summed E-state index contributed by atoms with van der Waals surface area (Å²) in [5, 5.41) is 6.88. The van der Waals surface area contributed by atoms with E-state index in [0.29, 0.717) is 6.04 Å². The Bertz CT molecular complexity index is 854. The predicted octanol–water partition coefficient (Wildman–Crippen LogP) is 2.68. The minimum Gasteiger partial charge on any atom is -0.371 e. The van der Waals surface area contributed by atoms with E-state index in [4.69, 9.17) is 0 Å². The Hall–Kier alpha value is -1.70. The Balaban J connectivity index is 1.36. The molecule has 5 nitrogen and oxygen atoms in total. The summed E-state index contributed by atoms with van der Waals surface area (Å²) in [7, 11) is -2.98. The molecule has 0 unspecified atom stereocenters. The third-order valence-corrected chi connectivity index (χ3v) is 6.80. The lowest BCUT2D eigenvalue weighted by Gasteiger charge is -2.35. The molecule has 1 saturated heterocycles. The first-order valence-corrected chi connectivity index (χ1v) is 11.2. The Morgan fingerprint density at radius 2 is 2.08 bits per heavy atom. The van der Waals surface area contributed by atoms with Crippen molar-refractivity contribution in [3.63, 3.8) is 0 Å². The molecule has 1 atom stereocenters. The maximum atomic E-state index is 11.5. The lowest BCUT2D eigenvalue weighted by atomic mass is 10.0. The normalized spacial score (nSPS) is 23.2. The highest BCUT2D eigenvalue weighted by molar-refractivity contribution is 7.94. The van der Waals surface area contributed by atoms with Crippen molar-refractivity contribution in [3.05, 3.63) is 46.6 Å². The molecular weight excluding hydrogens is 354 g/mol. The van der Waals surface area contributed by atoms with E-state index in [1.54, 1.807) is 17.4 Å². The van der Waals surface area contributed by atoms with Gasteiger partial charge in [-0.15, -0.1) is 11.3 Å².